The lowest BCUT2D eigenvalue weighted by Crippen LogP contribution is -2.51. The summed E-state index contributed by atoms with van der Waals surface area (Å²) in [6, 6.07) is 0. The van der Waals surface area contributed by atoms with E-state index in [1.807, 2.05) is 0 Å². The van der Waals surface area contributed by atoms with Crippen molar-refractivity contribution in [2.75, 3.05) is 20.1 Å². The maximum atomic E-state index is 6.08. The molecule has 3 rings (SSSR count). The first-order valence-electron chi connectivity index (χ1n) is 7.65. The first-order chi connectivity index (χ1) is 8.23. The molecule has 0 radical (unpaired) electrons. The van der Waals surface area contributed by atoms with Crippen molar-refractivity contribution in [3.05, 3.63) is 0 Å². The molecule has 3 aliphatic carbocycles. The average Bonchev–Trinajstić information content (AvgIpc) is 3.05. The zero-order valence-electron chi connectivity index (χ0n) is 11.3. The van der Waals surface area contributed by atoms with Crippen LogP contribution < -0.4 is 5.73 Å². The maximum absolute atomic E-state index is 6.08. The van der Waals surface area contributed by atoms with Crippen molar-refractivity contribution in [1.82, 2.24) is 4.90 Å². The van der Waals surface area contributed by atoms with Gasteiger partial charge in [-0.25, -0.2) is 0 Å². The summed E-state index contributed by atoms with van der Waals surface area (Å²) in [6.45, 7) is 2.18. The van der Waals surface area contributed by atoms with Crippen molar-refractivity contribution in [2.24, 2.45) is 23.5 Å². The van der Waals surface area contributed by atoms with Gasteiger partial charge >= 0.3 is 0 Å². The molecule has 0 aromatic rings. The van der Waals surface area contributed by atoms with Crippen LogP contribution in [0.4, 0.5) is 0 Å². The van der Waals surface area contributed by atoms with Crippen LogP contribution in [0, 0.1) is 17.8 Å². The van der Waals surface area contributed by atoms with E-state index in [4.69, 9.17) is 5.73 Å². The first-order valence-corrected chi connectivity index (χ1v) is 7.65. The van der Waals surface area contributed by atoms with Gasteiger partial charge in [-0.3, -0.25) is 4.90 Å². The predicted molar refractivity (Wildman–Crippen MR) is 71.8 cm³/mol. The van der Waals surface area contributed by atoms with Crippen LogP contribution in [0.3, 0.4) is 0 Å². The Labute approximate surface area is 106 Å². The zero-order chi connectivity index (χ0) is 11.9. The second-order valence-corrected chi connectivity index (χ2v) is 6.95. The normalized spacial score (nSPS) is 39.4. The Morgan fingerprint density at radius 2 is 1.94 bits per heavy atom. The van der Waals surface area contributed by atoms with Gasteiger partial charge in [-0.15, -0.1) is 0 Å². The summed E-state index contributed by atoms with van der Waals surface area (Å²) in [6.07, 6.45) is 11.5. The quantitative estimate of drug-likeness (QED) is 0.813. The van der Waals surface area contributed by atoms with Crippen LogP contribution >= 0.6 is 0 Å². The summed E-state index contributed by atoms with van der Waals surface area (Å²) in [7, 11) is 2.34. The van der Waals surface area contributed by atoms with Crippen molar-refractivity contribution in [1.29, 1.82) is 0 Å². The number of nitrogens with two attached hydrogens (primary N) is 1. The third-order valence-corrected chi connectivity index (χ3v) is 6.12. The van der Waals surface area contributed by atoms with Crippen LogP contribution in [0.25, 0.3) is 0 Å². The highest BCUT2D eigenvalue weighted by molar-refractivity contribution is 4.97. The number of rotatable bonds is 4. The minimum atomic E-state index is 0.363. The molecule has 0 heterocycles. The van der Waals surface area contributed by atoms with Gasteiger partial charge < -0.3 is 5.73 Å². The standard InChI is InChI=1S/C15H28N2/c1-17(15(11-16)6-2-3-7-15)10-14-9-12-4-5-13(14)8-12/h12-14H,2-11,16H2,1H3. The number of nitrogens with zero attached hydrogens (tertiary/aromatic N) is 1. The summed E-state index contributed by atoms with van der Waals surface area (Å²) >= 11 is 0. The van der Waals surface area contributed by atoms with Gasteiger partial charge in [-0.1, -0.05) is 19.3 Å². The second kappa shape index (κ2) is 4.55. The van der Waals surface area contributed by atoms with Crippen LogP contribution in [0.2, 0.25) is 0 Å². The SMILES string of the molecule is CN(CC1CC2CCC1C2)C1(CN)CCCC1. The average molecular weight is 236 g/mol. The van der Waals surface area contributed by atoms with Gasteiger partial charge in [0.2, 0.25) is 0 Å². The first kappa shape index (κ1) is 12.0. The van der Waals surface area contributed by atoms with Gasteiger partial charge in [-0.05, 0) is 56.9 Å². The van der Waals surface area contributed by atoms with Crippen LogP contribution in [0.5, 0.6) is 0 Å². The van der Waals surface area contributed by atoms with E-state index in [2.05, 4.69) is 11.9 Å². The molecule has 0 amide bonds. The van der Waals surface area contributed by atoms with Gasteiger partial charge in [0.15, 0.2) is 0 Å². The van der Waals surface area contributed by atoms with E-state index >= 15 is 0 Å². The fourth-order valence-electron chi connectivity index (χ4n) is 4.92. The fraction of sp³-hybridized carbons (Fsp3) is 1.00. The highest BCUT2D eigenvalue weighted by atomic mass is 15.2. The molecule has 3 unspecified atom stereocenters. The molecule has 3 fully saturated rings. The van der Waals surface area contributed by atoms with Crippen LogP contribution in [0.15, 0.2) is 0 Å². The maximum Gasteiger partial charge on any atom is 0.0328 e. The molecule has 2 N–H and O–H groups in total. The van der Waals surface area contributed by atoms with Crippen molar-refractivity contribution in [2.45, 2.75) is 56.9 Å². The summed E-state index contributed by atoms with van der Waals surface area (Å²) < 4.78 is 0. The largest absolute Gasteiger partial charge is 0.329 e. The lowest BCUT2D eigenvalue weighted by Gasteiger charge is -2.40. The van der Waals surface area contributed by atoms with E-state index in [9.17, 15) is 0 Å². The van der Waals surface area contributed by atoms with Crippen molar-refractivity contribution in [3.8, 4) is 0 Å². The molecule has 17 heavy (non-hydrogen) atoms. The Morgan fingerprint density at radius 3 is 2.47 bits per heavy atom. The molecule has 0 aromatic carbocycles. The molecule has 98 valence electrons. The van der Waals surface area contributed by atoms with Crippen LogP contribution in [0.1, 0.15) is 51.4 Å². The highest BCUT2D eigenvalue weighted by Gasteiger charge is 2.43. The lowest BCUT2D eigenvalue weighted by molar-refractivity contribution is 0.0955. The van der Waals surface area contributed by atoms with E-state index in [0.717, 1.165) is 24.3 Å². The Bertz CT molecular complexity index is 270. The molecule has 0 spiro atoms. The molecule has 3 atom stereocenters. The monoisotopic (exact) mass is 236 g/mol. The number of hydrogen-bond acceptors (Lipinski definition) is 2. The van der Waals surface area contributed by atoms with Crippen molar-refractivity contribution >= 4 is 0 Å². The zero-order valence-corrected chi connectivity index (χ0v) is 11.3. The van der Waals surface area contributed by atoms with E-state index in [1.54, 1.807) is 0 Å². The van der Waals surface area contributed by atoms with Crippen LogP contribution in [-0.2, 0) is 0 Å². The van der Waals surface area contributed by atoms with Gasteiger partial charge in [0, 0.05) is 18.6 Å². The smallest absolute Gasteiger partial charge is 0.0328 e. The molecule has 3 saturated carbocycles. The molecular weight excluding hydrogens is 208 g/mol. The molecule has 0 aromatic heterocycles. The molecule has 2 heteroatoms. The Kier molecular flexibility index (Phi) is 3.20. The van der Waals surface area contributed by atoms with Gasteiger partial charge in [0.05, 0.1) is 0 Å². The third-order valence-electron chi connectivity index (χ3n) is 6.12. The van der Waals surface area contributed by atoms with Gasteiger partial charge in [0.25, 0.3) is 0 Å². The van der Waals surface area contributed by atoms with Crippen LogP contribution in [-0.4, -0.2) is 30.6 Å². The molecule has 2 nitrogen and oxygen atoms in total. The molecule has 2 bridgehead atoms. The number of likely N-dealkylation sites (N-methyl/N-ethyl adjacent to an activating group) is 1. The second-order valence-electron chi connectivity index (χ2n) is 6.95. The minimum Gasteiger partial charge on any atom is -0.329 e. The molecule has 0 saturated heterocycles. The topological polar surface area (TPSA) is 29.3 Å². The number of fused-ring (bicyclic) bond motifs is 2. The van der Waals surface area contributed by atoms with Crippen molar-refractivity contribution in [3.63, 3.8) is 0 Å². The summed E-state index contributed by atoms with van der Waals surface area (Å²) in [5, 5.41) is 0. The van der Waals surface area contributed by atoms with E-state index in [-0.39, 0.29) is 0 Å². The van der Waals surface area contributed by atoms with E-state index in [0.29, 0.717) is 5.54 Å². The van der Waals surface area contributed by atoms with Gasteiger partial charge in [0.1, 0.15) is 0 Å². The molecule has 0 aliphatic heterocycles. The molecular formula is C15H28N2. The summed E-state index contributed by atoms with van der Waals surface area (Å²) in [4.78, 5) is 2.64. The van der Waals surface area contributed by atoms with E-state index < -0.39 is 0 Å². The fourth-order valence-corrected chi connectivity index (χ4v) is 4.92. The summed E-state index contributed by atoms with van der Waals surface area (Å²) in [5.74, 6) is 3.12. The van der Waals surface area contributed by atoms with Crippen molar-refractivity contribution < 1.29 is 0 Å². The summed E-state index contributed by atoms with van der Waals surface area (Å²) in [5.41, 5.74) is 6.44. The minimum absolute atomic E-state index is 0.363. The van der Waals surface area contributed by atoms with E-state index in [1.165, 1.54) is 57.9 Å². The molecule has 3 aliphatic rings. The Morgan fingerprint density at radius 1 is 1.18 bits per heavy atom. The predicted octanol–water partition coefficient (Wildman–Crippen LogP) is 2.63. The highest BCUT2D eigenvalue weighted by Crippen LogP contribution is 2.49. The Balaban J connectivity index is 1.61. The Hall–Kier alpha value is -0.0800. The number of hydrogen-bond donors (Lipinski definition) is 1. The third kappa shape index (κ3) is 2.04. The van der Waals surface area contributed by atoms with Gasteiger partial charge in [-0.2, -0.15) is 0 Å². The lowest BCUT2D eigenvalue weighted by atomic mass is 9.86.